The summed E-state index contributed by atoms with van der Waals surface area (Å²) >= 11 is 0. The highest BCUT2D eigenvalue weighted by Gasteiger charge is 2.06. The lowest BCUT2D eigenvalue weighted by Gasteiger charge is -2.08. The normalized spacial score (nSPS) is 12.4. The molecule has 1 rings (SSSR count). The van der Waals surface area contributed by atoms with Gasteiger partial charge in [0.15, 0.2) is 0 Å². The molecule has 0 aromatic carbocycles. The Bertz CT molecular complexity index is 334. The summed E-state index contributed by atoms with van der Waals surface area (Å²) in [5.74, 6) is -0.0775. The average Bonchev–Trinajstić information content (AvgIpc) is 2.63. The lowest BCUT2D eigenvalue weighted by Crippen LogP contribution is -2.35. The van der Waals surface area contributed by atoms with Crippen LogP contribution in [0.5, 0.6) is 0 Å². The van der Waals surface area contributed by atoms with Gasteiger partial charge in [0.25, 0.3) is 5.91 Å². The summed E-state index contributed by atoms with van der Waals surface area (Å²) in [6, 6.07) is 3.61. The topological polar surface area (TPSA) is 66.3 Å². The molecule has 0 saturated carbocycles. The predicted octanol–water partition coefficient (Wildman–Crippen LogP) is -0.275. The van der Waals surface area contributed by atoms with Crippen molar-refractivity contribution >= 4 is 5.91 Å². The number of carbonyl (C=O) groups is 1. The van der Waals surface area contributed by atoms with E-state index in [0.717, 1.165) is 0 Å². The van der Waals surface area contributed by atoms with Crippen LogP contribution in [-0.2, 0) is 7.05 Å². The first kappa shape index (κ1) is 12.7. The minimum atomic E-state index is -0.358. The van der Waals surface area contributed by atoms with Crippen molar-refractivity contribution in [1.29, 1.82) is 0 Å². The molecular weight excluding hydrogens is 206 g/mol. The fourth-order valence-electron chi connectivity index (χ4n) is 1.36. The molecule has 90 valence electrons. The second-order valence-corrected chi connectivity index (χ2v) is 3.81. The van der Waals surface area contributed by atoms with Crippen LogP contribution in [-0.4, -0.2) is 41.3 Å². The van der Waals surface area contributed by atoms with Crippen LogP contribution in [0.1, 0.15) is 17.4 Å². The van der Waals surface area contributed by atoms with Crippen LogP contribution in [0, 0.1) is 0 Å². The Hall–Kier alpha value is -1.33. The summed E-state index contributed by atoms with van der Waals surface area (Å²) in [5, 5.41) is 14.8. The van der Waals surface area contributed by atoms with Crippen LogP contribution in [0.4, 0.5) is 0 Å². The summed E-state index contributed by atoms with van der Waals surface area (Å²) in [4.78, 5) is 11.6. The molecule has 1 unspecified atom stereocenters. The van der Waals surface area contributed by atoms with Crippen molar-refractivity contribution in [3.8, 4) is 0 Å². The van der Waals surface area contributed by atoms with Crippen molar-refractivity contribution in [2.24, 2.45) is 7.05 Å². The SMILES string of the molecule is CC(O)CNCCNC(=O)c1cccn1C. The number of nitrogens with zero attached hydrogens (tertiary/aromatic N) is 1. The Morgan fingerprint density at radius 2 is 2.31 bits per heavy atom. The van der Waals surface area contributed by atoms with E-state index < -0.39 is 0 Å². The van der Waals surface area contributed by atoms with Crippen LogP contribution in [0.15, 0.2) is 18.3 Å². The van der Waals surface area contributed by atoms with Crippen LogP contribution < -0.4 is 10.6 Å². The zero-order valence-electron chi connectivity index (χ0n) is 9.73. The van der Waals surface area contributed by atoms with Gasteiger partial charge in [-0.05, 0) is 19.1 Å². The predicted molar refractivity (Wildman–Crippen MR) is 62.3 cm³/mol. The largest absolute Gasteiger partial charge is 0.392 e. The Morgan fingerprint density at radius 1 is 1.56 bits per heavy atom. The van der Waals surface area contributed by atoms with Crippen molar-refractivity contribution in [2.75, 3.05) is 19.6 Å². The van der Waals surface area contributed by atoms with E-state index in [-0.39, 0.29) is 12.0 Å². The average molecular weight is 225 g/mol. The molecule has 1 atom stereocenters. The summed E-state index contributed by atoms with van der Waals surface area (Å²) in [5.41, 5.74) is 0.649. The van der Waals surface area contributed by atoms with Crippen molar-refractivity contribution in [2.45, 2.75) is 13.0 Å². The Labute approximate surface area is 95.5 Å². The number of carbonyl (C=O) groups excluding carboxylic acids is 1. The van der Waals surface area contributed by atoms with Gasteiger partial charge in [0, 0.05) is 32.9 Å². The molecule has 0 radical (unpaired) electrons. The first-order valence-electron chi connectivity index (χ1n) is 5.39. The van der Waals surface area contributed by atoms with Gasteiger partial charge in [0.2, 0.25) is 0 Å². The number of rotatable bonds is 6. The number of amides is 1. The van der Waals surface area contributed by atoms with Crippen molar-refractivity contribution < 1.29 is 9.90 Å². The van der Waals surface area contributed by atoms with Crippen molar-refractivity contribution in [1.82, 2.24) is 15.2 Å². The third-order valence-corrected chi connectivity index (χ3v) is 2.20. The van der Waals surface area contributed by atoms with Gasteiger partial charge in [-0.25, -0.2) is 0 Å². The highest BCUT2D eigenvalue weighted by molar-refractivity contribution is 5.92. The van der Waals surface area contributed by atoms with Gasteiger partial charge in [0.1, 0.15) is 5.69 Å². The number of aryl methyl sites for hydroxylation is 1. The third-order valence-electron chi connectivity index (χ3n) is 2.20. The second kappa shape index (κ2) is 6.30. The number of aliphatic hydroxyl groups excluding tert-OH is 1. The van der Waals surface area contributed by atoms with E-state index in [1.54, 1.807) is 17.6 Å². The monoisotopic (exact) mass is 225 g/mol. The van der Waals surface area contributed by atoms with E-state index in [2.05, 4.69) is 10.6 Å². The first-order valence-corrected chi connectivity index (χ1v) is 5.39. The lowest BCUT2D eigenvalue weighted by molar-refractivity contribution is 0.0945. The third kappa shape index (κ3) is 4.04. The fourth-order valence-corrected chi connectivity index (χ4v) is 1.36. The number of hydrogen-bond donors (Lipinski definition) is 3. The fraction of sp³-hybridized carbons (Fsp3) is 0.545. The molecule has 0 fully saturated rings. The maximum atomic E-state index is 11.6. The Balaban J connectivity index is 2.19. The summed E-state index contributed by atoms with van der Waals surface area (Å²) in [6.07, 6.45) is 1.48. The minimum absolute atomic E-state index is 0.0775. The standard InChI is InChI=1S/C11H19N3O2/c1-9(15)8-12-5-6-13-11(16)10-4-3-7-14(10)2/h3-4,7,9,12,15H,5-6,8H2,1-2H3,(H,13,16). The molecule has 0 aliphatic rings. The molecule has 0 aliphatic heterocycles. The molecule has 3 N–H and O–H groups in total. The molecule has 5 nitrogen and oxygen atoms in total. The maximum absolute atomic E-state index is 11.6. The number of hydrogen-bond acceptors (Lipinski definition) is 3. The molecule has 5 heteroatoms. The first-order chi connectivity index (χ1) is 7.61. The molecular formula is C11H19N3O2. The number of aromatic nitrogens is 1. The van der Waals surface area contributed by atoms with Gasteiger partial charge in [-0.2, -0.15) is 0 Å². The summed E-state index contributed by atoms with van der Waals surface area (Å²) < 4.78 is 1.78. The zero-order valence-corrected chi connectivity index (χ0v) is 9.73. The highest BCUT2D eigenvalue weighted by atomic mass is 16.3. The molecule has 1 aromatic heterocycles. The summed E-state index contributed by atoms with van der Waals surface area (Å²) in [7, 11) is 1.83. The lowest BCUT2D eigenvalue weighted by atomic mass is 10.4. The van der Waals surface area contributed by atoms with Gasteiger partial charge in [0.05, 0.1) is 6.10 Å². The number of aliphatic hydroxyl groups is 1. The quantitative estimate of drug-likeness (QED) is 0.584. The molecule has 0 spiro atoms. The molecule has 0 saturated heterocycles. The van der Waals surface area contributed by atoms with Gasteiger partial charge in [-0.3, -0.25) is 4.79 Å². The molecule has 1 heterocycles. The van der Waals surface area contributed by atoms with Gasteiger partial charge in [-0.1, -0.05) is 0 Å². The minimum Gasteiger partial charge on any atom is -0.392 e. The zero-order chi connectivity index (χ0) is 12.0. The van der Waals surface area contributed by atoms with E-state index >= 15 is 0 Å². The Kier molecular flexibility index (Phi) is 5.01. The Morgan fingerprint density at radius 3 is 2.88 bits per heavy atom. The van der Waals surface area contributed by atoms with E-state index in [1.165, 1.54) is 0 Å². The maximum Gasteiger partial charge on any atom is 0.267 e. The molecule has 1 aromatic rings. The van der Waals surface area contributed by atoms with Gasteiger partial charge < -0.3 is 20.3 Å². The van der Waals surface area contributed by atoms with E-state index in [0.29, 0.717) is 25.3 Å². The van der Waals surface area contributed by atoms with Crippen LogP contribution in [0.3, 0.4) is 0 Å². The van der Waals surface area contributed by atoms with E-state index in [4.69, 9.17) is 5.11 Å². The summed E-state index contributed by atoms with van der Waals surface area (Å²) in [6.45, 7) is 3.47. The van der Waals surface area contributed by atoms with Crippen LogP contribution in [0.25, 0.3) is 0 Å². The molecule has 0 aliphatic carbocycles. The number of nitrogens with one attached hydrogen (secondary N) is 2. The molecule has 1 amide bonds. The van der Waals surface area contributed by atoms with E-state index in [1.807, 2.05) is 19.3 Å². The van der Waals surface area contributed by atoms with Gasteiger partial charge >= 0.3 is 0 Å². The van der Waals surface area contributed by atoms with Crippen molar-refractivity contribution in [3.63, 3.8) is 0 Å². The molecule has 16 heavy (non-hydrogen) atoms. The van der Waals surface area contributed by atoms with E-state index in [9.17, 15) is 4.79 Å². The highest BCUT2D eigenvalue weighted by Crippen LogP contribution is 1.98. The van der Waals surface area contributed by atoms with Gasteiger partial charge in [-0.15, -0.1) is 0 Å². The second-order valence-electron chi connectivity index (χ2n) is 3.81. The molecule has 0 bridgehead atoms. The van der Waals surface area contributed by atoms with Crippen LogP contribution in [0.2, 0.25) is 0 Å². The smallest absolute Gasteiger partial charge is 0.267 e. The van der Waals surface area contributed by atoms with Crippen LogP contribution >= 0.6 is 0 Å². The van der Waals surface area contributed by atoms with Crippen molar-refractivity contribution in [3.05, 3.63) is 24.0 Å².